The Balaban J connectivity index is 1.88. The lowest BCUT2D eigenvalue weighted by atomic mass is 9.84. The molecule has 0 saturated heterocycles. The van der Waals surface area contributed by atoms with Gasteiger partial charge in [-0.1, -0.05) is 25.0 Å². The fourth-order valence-electron chi connectivity index (χ4n) is 3.52. The first-order valence-electron chi connectivity index (χ1n) is 9.65. The van der Waals surface area contributed by atoms with Crippen molar-refractivity contribution in [2.24, 2.45) is 5.41 Å². The Morgan fingerprint density at radius 3 is 2.50 bits per heavy atom. The summed E-state index contributed by atoms with van der Waals surface area (Å²) in [6.45, 7) is -1.49. The van der Waals surface area contributed by atoms with Gasteiger partial charge in [0.15, 0.2) is 0 Å². The van der Waals surface area contributed by atoms with Crippen molar-refractivity contribution in [1.82, 2.24) is 10.2 Å². The third-order valence-corrected chi connectivity index (χ3v) is 5.08. The Kier molecular flexibility index (Phi) is 8.05. The van der Waals surface area contributed by atoms with Crippen LogP contribution in [0.5, 0.6) is 0 Å². The molecule has 1 aromatic carbocycles. The minimum atomic E-state index is -4.21. The van der Waals surface area contributed by atoms with Gasteiger partial charge in [0.2, 0.25) is 5.91 Å². The zero-order chi connectivity index (χ0) is 22.4. The summed E-state index contributed by atoms with van der Waals surface area (Å²) in [6, 6.07) is 5.72. The minimum Gasteiger partial charge on any atom is -0.370 e. The van der Waals surface area contributed by atoms with Crippen LogP contribution in [0.3, 0.4) is 0 Å². The van der Waals surface area contributed by atoms with Crippen LogP contribution >= 0.6 is 0 Å². The number of hydrogen-bond donors (Lipinski definition) is 2. The van der Waals surface area contributed by atoms with Gasteiger partial charge in [-0.05, 0) is 30.5 Å². The van der Waals surface area contributed by atoms with Crippen molar-refractivity contribution in [2.45, 2.75) is 44.6 Å². The van der Waals surface area contributed by atoms with Crippen LogP contribution in [0.2, 0.25) is 0 Å². The largest absolute Gasteiger partial charge is 0.370 e. The Morgan fingerprint density at radius 2 is 1.90 bits per heavy atom. The molecule has 30 heavy (non-hydrogen) atoms. The van der Waals surface area contributed by atoms with Gasteiger partial charge in [0.25, 0.3) is 0 Å². The topological polar surface area (TPSA) is 70.7 Å². The number of alkyl halides is 4. The molecule has 0 atom stereocenters. The van der Waals surface area contributed by atoms with Gasteiger partial charge >= 0.3 is 18.4 Å². The van der Waals surface area contributed by atoms with Gasteiger partial charge < -0.3 is 20.3 Å². The molecule has 2 rings (SSSR count). The molecule has 0 aliphatic heterocycles. The average Bonchev–Trinajstić information content (AvgIpc) is 3.16. The van der Waals surface area contributed by atoms with E-state index in [0.29, 0.717) is 24.1 Å². The van der Waals surface area contributed by atoms with Crippen LogP contribution in [0, 0.1) is 5.41 Å². The summed E-state index contributed by atoms with van der Waals surface area (Å²) in [4.78, 5) is 26.3. The van der Waals surface area contributed by atoms with Crippen molar-refractivity contribution >= 4 is 17.6 Å². The lowest BCUT2D eigenvalue weighted by molar-refractivity contribution is -0.168. The summed E-state index contributed by atoms with van der Waals surface area (Å²) in [6.07, 6.45) is -0.525. The summed E-state index contributed by atoms with van der Waals surface area (Å²) < 4.78 is 54.7. The van der Waals surface area contributed by atoms with Gasteiger partial charge in [-0.2, -0.15) is 8.78 Å². The smallest absolute Gasteiger partial charge is 0.330 e. The number of anilines is 1. The zero-order valence-electron chi connectivity index (χ0n) is 17.0. The van der Waals surface area contributed by atoms with E-state index < -0.39 is 30.4 Å². The van der Waals surface area contributed by atoms with E-state index in [1.807, 2.05) is 0 Å². The van der Waals surface area contributed by atoms with Crippen LogP contribution < -0.4 is 10.6 Å². The predicted molar refractivity (Wildman–Crippen MR) is 104 cm³/mol. The molecule has 0 aromatic heterocycles. The molecule has 3 amide bonds. The van der Waals surface area contributed by atoms with Crippen molar-refractivity contribution < 1.29 is 31.9 Å². The lowest BCUT2D eigenvalue weighted by Gasteiger charge is -2.30. The fourth-order valence-corrected chi connectivity index (χ4v) is 3.52. The van der Waals surface area contributed by atoms with E-state index in [0.717, 1.165) is 12.8 Å². The van der Waals surface area contributed by atoms with Gasteiger partial charge in [-0.25, -0.2) is 13.6 Å². The Hall–Kier alpha value is -2.36. The highest BCUT2D eigenvalue weighted by Gasteiger charge is 2.42. The van der Waals surface area contributed by atoms with E-state index in [-0.39, 0.29) is 19.1 Å². The third-order valence-electron chi connectivity index (χ3n) is 5.08. The molecule has 168 valence electrons. The van der Waals surface area contributed by atoms with Crippen molar-refractivity contribution in [3.63, 3.8) is 0 Å². The summed E-state index contributed by atoms with van der Waals surface area (Å²) in [5.41, 5.74) is 0.216. The molecule has 0 radical (unpaired) electrons. The van der Waals surface area contributed by atoms with Gasteiger partial charge in [-0.15, -0.1) is 0 Å². The minimum absolute atomic E-state index is 0.0138. The first-order chi connectivity index (χ1) is 14.1. The molecule has 0 bridgehead atoms. The molecule has 1 saturated carbocycles. The number of carbonyl (C=O) groups is 2. The highest BCUT2D eigenvalue weighted by molar-refractivity contribution is 5.90. The summed E-state index contributed by atoms with van der Waals surface area (Å²) in [5, 5.41) is 5.35. The van der Waals surface area contributed by atoms with E-state index >= 15 is 0 Å². The number of ether oxygens (including phenoxy) is 1. The molecule has 0 unspecified atom stereocenters. The second-order valence-electron chi connectivity index (χ2n) is 7.75. The normalized spacial score (nSPS) is 15.8. The third kappa shape index (κ3) is 6.32. The summed E-state index contributed by atoms with van der Waals surface area (Å²) in [7, 11) is 3.38. The number of halogens is 4. The van der Waals surface area contributed by atoms with Crippen LogP contribution in [0.15, 0.2) is 24.3 Å². The van der Waals surface area contributed by atoms with E-state index in [4.69, 9.17) is 0 Å². The van der Waals surface area contributed by atoms with Crippen LogP contribution in [-0.4, -0.2) is 56.4 Å². The SMILES string of the molecule is CN(C)C(=O)C1(CNC(=O)Nc2cccc(COCC(F)(F)C(F)F)c2)CCCC1. The molecule has 2 N–H and O–H groups in total. The monoisotopic (exact) mass is 433 g/mol. The highest BCUT2D eigenvalue weighted by Crippen LogP contribution is 2.38. The zero-order valence-corrected chi connectivity index (χ0v) is 17.0. The Labute approximate surface area is 172 Å². The molecule has 0 spiro atoms. The molecule has 1 aliphatic carbocycles. The number of nitrogens with one attached hydrogen (secondary N) is 2. The van der Waals surface area contributed by atoms with E-state index in [1.54, 1.807) is 32.3 Å². The molecule has 1 fully saturated rings. The standard InChI is InChI=1S/C20H27F4N3O3/c1-27(2)17(28)19(8-3-4-9-19)12-25-18(29)26-15-7-5-6-14(10-15)11-30-13-20(23,24)16(21)22/h5-7,10,16H,3-4,8-9,11-13H2,1-2H3,(H2,25,26,29). The van der Waals surface area contributed by atoms with Crippen molar-refractivity contribution in [1.29, 1.82) is 0 Å². The molecule has 10 heteroatoms. The Morgan fingerprint density at radius 1 is 1.23 bits per heavy atom. The number of benzene rings is 1. The van der Waals surface area contributed by atoms with Gasteiger partial charge in [0.1, 0.15) is 6.61 Å². The number of rotatable bonds is 9. The van der Waals surface area contributed by atoms with E-state index in [2.05, 4.69) is 15.4 Å². The van der Waals surface area contributed by atoms with Crippen LogP contribution in [0.4, 0.5) is 28.0 Å². The number of hydrogen-bond acceptors (Lipinski definition) is 3. The number of amides is 3. The quantitative estimate of drug-likeness (QED) is 0.581. The van der Waals surface area contributed by atoms with Gasteiger partial charge in [-0.3, -0.25) is 4.79 Å². The first-order valence-corrected chi connectivity index (χ1v) is 9.65. The predicted octanol–water partition coefficient (Wildman–Crippen LogP) is 3.87. The maximum atomic E-state index is 12.9. The number of nitrogens with zero attached hydrogens (tertiary/aromatic N) is 1. The number of carbonyl (C=O) groups excluding carboxylic acids is 2. The van der Waals surface area contributed by atoms with Gasteiger partial charge in [0.05, 0.1) is 12.0 Å². The maximum absolute atomic E-state index is 12.9. The van der Waals surface area contributed by atoms with Crippen LogP contribution in [0.1, 0.15) is 31.2 Å². The number of urea groups is 1. The van der Waals surface area contributed by atoms with Crippen LogP contribution in [-0.2, 0) is 16.1 Å². The van der Waals surface area contributed by atoms with Crippen molar-refractivity contribution in [2.75, 3.05) is 32.6 Å². The molecule has 1 aliphatic rings. The summed E-state index contributed by atoms with van der Waals surface area (Å²) in [5.74, 6) is -4.23. The Bertz CT molecular complexity index is 738. The van der Waals surface area contributed by atoms with E-state index in [9.17, 15) is 27.2 Å². The average molecular weight is 433 g/mol. The highest BCUT2D eigenvalue weighted by atomic mass is 19.3. The molecular formula is C20H27F4N3O3. The fraction of sp³-hybridized carbons (Fsp3) is 0.600. The molecule has 6 nitrogen and oxygen atoms in total. The van der Waals surface area contributed by atoms with Gasteiger partial charge in [0, 0.05) is 26.3 Å². The maximum Gasteiger partial charge on any atom is 0.330 e. The second-order valence-corrected chi connectivity index (χ2v) is 7.75. The van der Waals surface area contributed by atoms with Crippen LogP contribution in [0.25, 0.3) is 0 Å². The molecular weight excluding hydrogens is 406 g/mol. The second kappa shape index (κ2) is 10.1. The molecule has 1 aromatic rings. The van der Waals surface area contributed by atoms with Crippen molar-refractivity contribution in [3.05, 3.63) is 29.8 Å². The molecule has 0 heterocycles. The van der Waals surface area contributed by atoms with Crippen molar-refractivity contribution in [3.8, 4) is 0 Å². The summed E-state index contributed by atoms with van der Waals surface area (Å²) >= 11 is 0. The first kappa shape index (κ1) is 23.9. The lowest BCUT2D eigenvalue weighted by Crippen LogP contribution is -2.47. The van der Waals surface area contributed by atoms with E-state index in [1.165, 1.54) is 11.0 Å².